The summed E-state index contributed by atoms with van der Waals surface area (Å²) in [5.41, 5.74) is 0.531. The molecule has 0 bridgehead atoms. The minimum Gasteiger partial charge on any atom is -0.353 e. The van der Waals surface area contributed by atoms with Gasteiger partial charge in [-0.2, -0.15) is 0 Å². The minimum absolute atomic E-state index is 0.0585. The molecule has 0 radical (unpaired) electrons. The SMILES string of the molecule is C[C@@H](CC(=O)NC1CCCCCC1)S(=O)(=O)c1ccc2c(c1)NC(=O)CCS2. The number of rotatable bonds is 5. The molecule has 1 saturated carbocycles. The summed E-state index contributed by atoms with van der Waals surface area (Å²) in [7, 11) is -3.67. The molecule has 0 saturated heterocycles. The summed E-state index contributed by atoms with van der Waals surface area (Å²) in [5, 5.41) is 4.96. The molecule has 1 aliphatic heterocycles. The van der Waals surface area contributed by atoms with Crippen molar-refractivity contribution >= 4 is 39.1 Å². The van der Waals surface area contributed by atoms with Gasteiger partial charge in [0.2, 0.25) is 11.8 Å². The Morgan fingerprint density at radius 3 is 2.68 bits per heavy atom. The highest BCUT2D eigenvalue weighted by molar-refractivity contribution is 7.99. The van der Waals surface area contributed by atoms with Crippen LogP contribution in [-0.2, 0) is 19.4 Å². The van der Waals surface area contributed by atoms with Gasteiger partial charge in [0.25, 0.3) is 0 Å². The van der Waals surface area contributed by atoms with Crippen LogP contribution < -0.4 is 10.6 Å². The Kier molecular flexibility index (Phi) is 7.04. The molecule has 8 heteroatoms. The topological polar surface area (TPSA) is 92.3 Å². The zero-order chi connectivity index (χ0) is 20.1. The second kappa shape index (κ2) is 9.31. The van der Waals surface area contributed by atoms with Gasteiger partial charge in [0.15, 0.2) is 9.84 Å². The van der Waals surface area contributed by atoms with Crippen molar-refractivity contribution in [1.29, 1.82) is 0 Å². The molecule has 0 unspecified atom stereocenters. The lowest BCUT2D eigenvalue weighted by atomic mass is 10.1. The molecule has 2 aliphatic rings. The van der Waals surface area contributed by atoms with E-state index >= 15 is 0 Å². The van der Waals surface area contributed by atoms with Crippen molar-refractivity contribution in [3.05, 3.63) is 18.2 Å². The van der Waals surface area contributed by atoms with Crippen LogP contribution in [-0.4, -0.2) is 37.3 Å². The summed E-state index contributed by atoms with van der Waals surface area (Å²) in [6, 6.07) is 4.97. The monoisotopic (exact) mass is 424 g/mol. The summed E-state index contributed by atoms with van der Waals surface area (Å²) in [6.07, 6.45) is 6.89. The predicted octanol–water partition coefficient (Wildman–Crippen LogP) is 3.51. The average molecular weight is 425 g/mol. The summed E-state index contributed by atoms with van der Waals surface area (Å²) in [5.74, 6) is 0.348. The Balaban J connectivity index is 1.67. The van der Waals surface area contributed by atoms with Gasteiger partial charge in [-0.05, 0) is 38.0 Å². The van der Waals surface area contributed by atoms with Gasteiger partial charge >= 0.3 is 0 Å². The van der Waals surface area contributed by atoms with E-state index in [-0.39, 0.29) is 29.2 Å². The maximum absolute atomic E-state index is 13.0. The standard InChI is InChI=1S/C20H28N2O4S2/c1-14(12-20(24)21-15-6-4-2-3-5-7-15)28(25,26)16-8-9-18-17(13-16)22-19(23)10-11-27-18/h8-9,13-15H,2-7,10-12H2,1H3,(H,21,24)(H,22,23)/t14-/m0/s1. The Labute approximate surface area is 171 Å². The first kappa shape index (κ1) is 21.2. The summed E-state index contributed by atoms with van der Waals surface area (Å²) in [4.78, 5) is 25.2. The van der Waals surface area contributed by atoms with E-state index in [1.807, 2.05) is 0 Å². The van der Waals surface area contributed by atoms with Gasteiger partial charge in [-0.3, -0.25) is 9.59 Å². The second-order valence-corrected chi connectivity index (χ2v) is 11.1. The maximum Gasteiger partial charge on any atom is 0.225 e. The van der Waals surface area contributed by atoms with Crippen LogP contribution in [0, 0.1) is 0 Å². The minimum atomic E-state index is -3.67. The Bertz CT molecular complexity index is 831. The summed E-state index contributed by atoms with van der Waals surface area (Å²) in [6.45, 7) is 1.57. The van der Waals surface area contributed by atoms with Crippen LogP contribution in [0.1, 0.15) is 58.3 Å². The zero-order valence-corrected chi connectivity index (χ0v) is 17.8. The molecule has 3 rings (SSSR count). The normalized spacial score (nSPS) is 19.7. The highest BCUT2D eigenvalue weighted by Gasteiger charge is 2.28. The fourth-order valence-electron chi connectivity index (χ4n) is 3.69. The Hall–Kier alpha value is -1.54. The first-order valence-electron chi connectivity index (χ1n) is 9.96. The molecule has 0 spiro atoms. The predicted molar refractivity (Wildman–Crippen MR) is 111 cm³/mol. The van der Waals surface area contributed by atoms with Crippen molar-refractivity contribution in [2.75, 3.05) is 11.1 Å². The molecular formula is C20H28N2O4S2. The van der Waals surface area contributed by atoms with Crippen LogP contribution in [0.4, 0.5) is 5.69 Å². The van der Waals surface area contributed by atoms with Crippen LogP contribution in [0.5, 0.6) is 0 Å². The molecule has 154 valence electrons. The fraction of sp³-hybridized carbons (Fsp3) is 0.600. The molecule has 28 heavy (non-hydrogen) atoms. The number of amides is 2. The second-order valence-electron chi connectivity index (χ2n) is 7.62. The van der Waals surface area contributed by atoms with Gasteiger partial charge in [0.05, 0.1) is 15.8 Å². The van der Waals surface area contributed by atoms with Gasteiger partial charge in [-0.1, -0.05) is 25.7 Å². The number of sulfone groups is 1. The van der Waals surface area contributed by atoms with E-state index in [0.717, 1.165) is 30.6 Å². The van der Waals surface area contributed by atoms with E-state index in [4.69, 9.17) is 0 Å². The highest BCUT2D eigenvalue weighted by Crippen LogP contribution is 2.33. The van der Waals surface area contributed by atoms with Crippen molar-refractivity contribution in [2.24, 2.45) is 0 Å². The quantitative estimate of drug-likeness (QED) is 0.706. The van der Waals surface area contributed by atoms with Gasteiger partial charge in [0, 0.05) is 29.5 Å². The summed E-state index contributed by atoms with van der Waals surface area (Å²) >= 11 is 1.53. The molecule has 0 aromatic heterocycles. The number of carbonyl (C=O) groups is 2. The lowest BCUT2D eigenvalue weighted by Gasteiger charge is -2.19. The number of thioether (sulfide) groups is 1. The average Bonchev–Trinajstić information content (AvgIpc) is 3.00. The van der Waals surface area contributed by atoms with E-state index in [1.165, 1.54) is 30.7 Å². The number of hydrogen-bond donors (Lipinski definition) is 2. The van der Waals surface area contributed by atoms with E-state index in [1.54, 1.807) is 19.1 Å². The Morgan fingerprint density at radius 1 is 1.25 bits per heavy atom. The van der Waals surface area contributed by atoms with Gasteiger partial charge < -0.3 is 10.6 Å². The molecule has 1 heterocycles. The molecule has 1 aromatic rings. The lowest BCUT2D eigenvalue weighted by Crippen LogP contribution is -2.37. The number of anilines is 1. The number of nitrogens with one attached hydrogen (secondary N) is 2. The third-order valence-corrected chi connectivity index (χ3v) is 8.58. The van der Waals surface area contributed by atoms with Crippen LogP contribution in [0.2, 0.25) is 0 Å². The zero-order valence-electron chi connectivity index (χ0n) is 16.2. The summed E-state index contributed by atoms with van der Waals surface area (Å²) < 4.78 is 25.9. The number of benzene rings is 1. The van der Waals surface area contributed by atoms with Crippen molar-refractivity contribution in [2.45, 2.75) is 79.4 Å². The van der Waals surface area contributed by atoms with E-state index < -0.39 is 15.1 Å². The third-order valence-electron chi connectivity index (χ3n) is 5.36. The number of fused-ring (bicyclic) bond motifs is 1. The fourth-order valence-corrected chi connectivity index (χ4v) is 6.00. The first-order valence-corrected chi connectivity index (χ1v) is 12.5. The molecule has 6 nitrogen and oxygen atoms in total. The molecular weight excluding hydrogens is 396 g/mol. The van der Waals surface area contributed by atoms with Crippen LogP contribution in [0.15, 0.2) is 28.0 Å². The lowest BCUT2D eigenvalue weighted by molar-refractivity contribution is -0.121. The van der Waals surface area contributed by atoms with Gasteiger partial charge in [-0.15, -0.1) is 11.8 Å². The maximum atomic E-state index is 13.0. The van der Waals surface area contributed by atoms with E-state index in [0.29, 0.717) is 17.9 Å². The highest BCUT2D eigenvalue weighted by atomic mass is 32.2. The first-order chi connectivity index (χ1) is 13.4. The van der Waals surface area contributed by atoms with Gasteiger partial charge in [-0.25, -0.2) is 8.42 Å². The molecule has 1 aliphatic carbocycles. The number of carbonyl (C=O) groups excluding carboxylic acids is 2. The smallest absolute Gasteiger partial charge is 0.225 e. The van der Waals surface area contributed by atoms with Crippen LogP contribution >= 0.6 is 11.8 Å². The largest absolute Gasteiger partial charge is 0.353 e. The van der Waals surface area contributed by atoms with E-state index in [9.17, 15) is 18.0 Å². The van der Waals surface area contributed by atoms with E-state index in [2.05, 4.69) is 10.6 Å². The van der Waals surface area contributed by atoms with Crippen molar-refractivity contribution in [3.8, 4) is 0 Å². The molecule has 2 amide bonds. The third kappa shape index (κ3) is 5.29. The van der Waals surface area contributed by atoms with Crippen LogP contribution in [0.25, 0.3) is 0 Å². The van der Waals surface area contributed by atoms with Crippen molar-refractivity contribution in [1.82, 2.24) is 5.32 Å². The van der Waals surface area contributed by atoms with Crippen LogP contribution in [0.3, 0.4) is 0 Å². The Morgan fingerprint density at radius 2 is 1.96 bits per heavy atom. The molecule has 1 aromatic carbocycles. The van der Waals surface area contributed by atoms with Crippen molar-refractivity contribution in [3.63, 3.8) is 0 Å². The number of hydrogen-bond acceptors (Lipinski definition) is 5. The van der Waals surface area contributed by atoms with Crippen molar-refractivity contribution < 1.29 is 18.0 Å². The molecule has 1 fully saturated rings. The molecule has 1 atom stereocenters. The van der Waals surface area contributed by atoms with Gasteiger partial charge in [0.1, 0.15) is 0 Å². The molecule has 2 N–H and O–H groups in total.